The largest absolute Gasteiger partial charge is 0.478 e. The van der Waals surface area contributed by atoms with E-state index < -0.39 is 12.1 Å². The zero-order chi connectivity index (χ0) is 29.4. The molecule has 0 saturated heterocycles. The van der Waals surface area contributed by atoms with Gasteiger partial charge in [-0.25, -0.2) is 9.48 Å². The molecule has 0 bridgehead atoms. The van der Waals surface area contributed by atoms with Crippen molar-refractivity contribution in [1.29, 1.82) is 0 Å². The maximum absolute atomic E-state index is 13.4. The molecule has 42 heavy (non-hydrogen) atoms. The van der Waals surface area contributed by atoms with Crippen LogP contribution < -0.4 is 10.1 Å². The zero-order valence-corrected chi connectivity index (χ0v) is 24.1. The molecule has 0 saturated carbocycles. The van der Waals surface area contributed by atoms with Gasteiger partial charge in [-0.05, 0) is 79.3 Å². The van der Waals surface area contributed by atoms with Crippen molar-refractivity contribution in [2.45, 2.75) is 38.3 Å². The Morgan fingerprint density at radius 2 is 1.83 bits per heavy atom. The van der Waals surface area contributed by atoms with Crippen molar-refractivity contribution >= 4 is 46.1 Å². The van der Waals surface area contributed by atoms with Crippen LogP contribution in [0.5, 0.6) is 5.75 Å². The highest BCUT2D eigenvalue weighted by atomic mass is 35.5. The van der Waals surface area contributed by atoms with E-state index in [2.05, 4.69) is 27.8 Å². The highest BCUT2D eigenvalue weighted by Crippen LogP contribution is 2.33. The molecule has 1 amide bonds. The van der Waals surface area contributed by atoms with E-state index in [1.807, 2.05) is 19.1 Å². The number of ether oxygens (including phenoxy) is 1. The molecule has 4 aromatic carbocycles. The van der Waals surface area contributed by atoms with Gasteiger partial charge in [0, 0.05) is 22.2 Å². The second kappa shape index (κ2) is 11.5. The summed E-state index contributed by atoms with van der Waals surface area (Å²) in [6, 6.07) is 23.0. The van der Waals surface area contributed by atoms with Crippen LogP contribution in [0.3, 0.4) is 0 Å². The van der Waals surface area contributed by atoms with Gasteiger partial charge in [0.2, 0.25) is 6.10 Å². The van der Waals surface area contributed by atoms with Crippen molar-refractivity contribution in [3.8, 4) is 11.4 Å². The topological polar surface area (TPSA) is 106 Å². The number of benzene rings is 4. The van der Waals surface area contributed by atoms with Crippen molar-refractivity contribution in [2.75, 3.05) is 0 Å². The molecule has 0 spiro atoms. The fourth-order valence-corrected chi connectivity index (χ4v) is 5.77. The highest BCUT2D eigenvalue weighted by Gasteiger charge is 2.25. The van der Waals surface area contributed by atoms with Crippen LogP contribution in [0.2, 0.25) is 10.0 Å². The predicted octanol–water partition coefficient (Wildman–Crippen LogP) is 7.05. The number of nitrogens with one attached hydrogen (secondary N) is 1. The minimum Gasteiger partial charge on any atom is -0.478 e. The minimum atomic E-state index is -1.26. The molecule has 2 atom stereocenters. The molecular weight excluding hydrogens is 575 g/mol. The van der Waals surface area contributed by atoms with Gasteiger partial charge < -0.3 is 15.2 Å². The van der Waals surface area contributed by atoms with E-state index in [0.717, 1.165) is 19.3 Å². The van der Waals surface area contributed by atoms with Crippen molar-refractivity contribution in [2.24, 2.45) is 0 Å². The fraction of sp³-hybridized carbons (Fsp3) is 0.188. The summed E-state index contributed by atoms with van der Waals surface area (Å²) in [7, 11) is 0. The maximum atomic E-state index is 13.4. The first kappa shape index (κ1) is 27.8. The average molecular weight is 601 g/mol. The molecule has 1 aliphatic carbocycles. The number of nitrogens with zero attached hydrogens (tertiary/aromatic N) is 3. The number of aryl methyl sites for hydroxylation is 2. The van der Waals surface area contributed by atoms with Crippen LogP contribution in [0, 0.1) is 6.92 Å². The van der Waals surface area contributed by atoms with Crippen LogP contribution in [0.1, 0.15) is 57.6 Å². The number of carbonyl (C=O) groups excluding carboxylic acids is 1. The first-order valence-electron chi connectivity index (χ1n) is 13.5. The second-order valence-corrected chi connectivity index (χ2v) is 11.1. The van der Waals surface area contributed by atoms with Gasteiger partial charge in [-0.3, -0.25) is 4.79 Å². The standard InChI is InChI=1S/C32H26Cl2N4O4/c1-18-23(31(39)35-26-8-4-6-19-5-2-3-7-24(19)26)14-16-27-29(18)36-37-38(27)28-17-22(13-15-25(28)34)42-30(32(40)41)20-9-11-21(33)12-10-20/h2-3,5,7,9-17,26,30H,4,6,8H2,1H3,(H,35,39)(H,40,41). The summed E-state index contributed by atoms with van der Waals surface area (Å²) in [5.74, 6) is -1.04. The minimum absolute atomic E-state index is 0.0442. The Balaban J connectivity index is 1.29. The molecule has 1 aliphatic rings. The third kappa shape index (κ3) is 5.31. The second-order valence-electron chi connectivity index (χ2n) is 10.2. The number of aromatic nitrogens is 3. The summed E-state index contributed by atoms with van der Waals surface area (Å²) in [5.41, 5.74) is 5.73. The Kier molecular flexibility index (Phi) is 7.58. The van der Waals surface area contributed by atoms with Crippen molar-refractivity contribution in [1.82, 2.24) is 20.3 Å². The van der Waals surface area contributed by atoms with Gasteiger partial charge >= 0.3 is 5.97 Å². The van der Waals surface area contributed by atoms with E-state index in [0.29, 0.717) is 43.5 Å². The van der Waals surface area contributed by atoms with Crippen LogP contribution in [-0.4, -0.2) is 32.0 Å². The van der Waals surface area contributed by atoms with Crippen molar-refractivity contribution in [3.05, 3.63) is 117 Å². The molecule has 1 aromatic heterocycles. The Bertz CT molecular complexity index is 1820. The molecule has 0 aliphatic heterocycles. The summed E-state index contributed by atoms with van der Waals surface area (Å²) in [4.78, 5) is 25.4. The quantitative estimate of drug-likeness (QED) is 0.207. The number of carbonyl (C=O) groups is 2. The average Bonchev–Trinajstić information content (AvgIpc) is 3.42. The van der Waals surface area contributed by atoms with Gasteiger partial charge in [0.25, 0.3) is 5.91 Å². The Morgan fingerprint density at radius 1 is 1.05 bits per heavy atom. The lowest BCUT2D eigenvalue weighted by molar-refractivity contribution is -0.145. The summed E-state index contributed by atoms with van der Waals surface area (Å²) >= 11 is 12.5. The maximum Gasteiger partial charge on any atom is 0.349 e. The zero-order valence-electron chi connectivity index (χ0n) is 22.6. The third-order valence-corrected chi connectivity index (χ3v) is 8.16. The molecule has 212 valence electrons. The number of carboxylic acids is 1. The molecule has 5 aromatic rings. The third-order valence-electron chi connectivity index (χ3n) is 7.59. The molecular formula is C32H26Cl2N4O4. The number of fused-ring (bicyclic) bond motifs is 2. The monoisotopic (exact) mass is 600 g/mol. The van der Waals surface area contributed by atoms with Crippen LogP contribution in [0.4, 0.5) is 0 Å². The lowest BCUT2D eigenvalue weighted by atomic mass is 9.87. The molecule has 10 heteroatoms. The van der Waals surface area contributed by atoms with Gasteiger partial charge in [0.1, 0.15) is 11.3 Å². The normalized spacial score (nSPS) is 15.2. The Labute approximate surface area is 251 Å². The lowest BCUT2D eigenvalue weighted by Gasteiger charge is -2.26. The number of carboxylic acid groups (broad SMARTS) is 1. The van der Waals surface area contributed by atoms with Crippen LogP contribution >= 0.6 is 23.2 Å². The van der Waals surface area contributed by atoms with Crippen molar-refractivity contribution < 1.29 is 19.4 Å². The van der Waals surface area contributed by atoms with E-state index in [1.54, 1.807) is 59.3 Å². The van der Waals surface area contributed by atoms with Crippen molar-refractivity contribution in [3.63, 3.8) is 0 Å². The highest BCUT2D eigenvalue weighted by molar-refractivity contribution is 6.32. The lowest BCUT2D eigenvalue weighted by Crippen LogP contribution is -2.31. The summed E-state index contributed by atoms with van der Waals surface area (Å²) in [6.07, 6.45) is 1.66. The van der Waals surface area contributed by atoms with Crippen LogP contribution in [-0.2, 0) is 11.2 Å². The van der Waals surface area contributed by atoms with Gasteiger partial charge in [-0.2, -0.15) is 0 Å². The molecule has 0 fully saturated rings. The van der Waals surface area contributed by atoms with E-state index in [-0.39, 0.29) is 17.7 Å². The number of aliphatic carboxylic acids is 1. The number of hydrogen-bond donors (Lipinski definition) is 2. The van der Waals surface area contributed by atoms with Gasteiger partial charge in [0.05, 0.1) is 22.3 Å². The van der Waals surface area contributed by atoms with Crippen LogP contribution in [0.25, 0.3) is 16.7 Å². The van der Waals surface area contributed by atoms with Crippen LogP contribution in [0.15, 0.2) is 78.9 Å². The van der Waals surface area contributed by atoms with Gasteiger partial charge in [0.15, 0.2) is 0 Å². The molecule has 6 rings (SSSR count). The van der Waals surface area contributed by atoms with E-state index >= 15 is 0 Å². The SMILES string of the molecule is Cc1c(C(=O)NC2CCCc3ccccc32)ccc2c1nnn2-c1cc(OC(C(=O)O)c2ccc(Cl)cc2)ccc1Cl. The first-order valence-corrected chi connectivity index (χ1v) is 14.2. The number of hydrogen-bond acceptors (Lipinski definition) is 5. The van der Waals surface area contributed by atoms with Gasteiger partial charge in [-0.15, -0.1) is 5.10 Å². The van der Waals surface area contributed by atoms with E-state index in [4.69, 9.17) is 27.9 Å². The summed E-state index contributed by atoms with van der Waals surface area (Å²) in [5, 5.41) is 22.6. The molecule has 2 N–H and O–H groups in total. The smallest absolute Gasteiger partial charge is 0.349 e. The van der Waals surface area contributed by atoms with Gasteiger partial charge in [-0.1, -0.05) is 64.8 Å². The Morgan fingerprint density at radius 3 is 2.62 bits per heavy atom. The fourth-order valence-electron chi connectivity index (χ4n) is 5.45. The number of amides is 1. The molecule has 0 radical (unpaired) electrons. The number of rotatable bonds is 7. The summed E-state index contributed by atoms with van der Waals surface area (Å²) < 4.78 is 7.41. The molecule has 1 heterocycles. The van der Waals surface area contributed by atoms with E-state index in [9.17, 15) is 14.7 Å². The number of halogens is 2. The Hall–Kier alpha value is -4.40. The van der Waals surface area contributed by atoms with E-state index in [1.165, 1.54) is 11.1 Å². The molecule has 8 nitrogen and oxygen atoms in total. The predicted molar refractivity (Wildman–Crippen MR) is 161 cm³/mol. The molecule has 2 unspecified atom stereocenters. The first-order chi connectivity index (χ1) is 20.3. The summed E-state index contributed by atoms with van der Waals surface area (Å²) in [6.45, 7) is 1.84.